The largest absolute Gasteiger partial charge is 0.481 e. The van der Waals surface area contributed by atoms with E-state index in [-0.39, 0.29) is 23.5 Å². The molecule has 0 bridgehead atoms. The fourth-order valence-corrected chi connectivity index (χ4v) is 2.22. The molecule has 0 unspecified atom stereocenters. The molecule has 5 heteroatoms. The zero-order valence-electron chi connectivity index (χ0n) is 10.2. The lowest BCUT2D eigenvalue weighted by atomic mass is 10.0. The Kier molecular flexibility index (Phi) is 7.21. The lowest BCUT2D eigenvalue weighted by molar-refractivity contribution is -0.138. The number of hydrogen-bond donors (Lipinski definition) is 2. The van der Waals surface area contributed by atoms with Gasteiger partial charge in [-0.15, -0.1) is 0 Å². The Morgan fingerprint density at radius 1 is 1.25 bits per heavy atom. The third-order valence-electron chi connectivity index (χ3n) is 2.90. The van der Waals surface area contributed by atoms with Crippen molar-refractivity contribution >= 4 is 23.6 Å². The Morgan fingerprint density at radius 3 is 2.19 bits per heavy atom. The molecule has 4 nitrogen and oxygen atoms in total. The summed E-state index contributed by atoms with van der Waals surface area (Å²) in [4.78, 5) is 21.6. The van der Waals surface area contributed by atoms with E-state index in [1.165, 1.54) is 0 Å². The molecule has 0 aliphatic heterocycles. The highest BCUT2D eigenvalue weighted by Gasteiger charge is 2.25. The molecule has 0 heterocycles. The third-order valence-corrected chi connectivity index (χ3v) is 4.48. The summed E-state index contributed by atoms with van der Waals surface area (Å²) in [5, 5.41) is 11.3. The molecular formula is C11H21NO3S. The first kappa shape index (κ1) is 15.3. The van der Waals surface area contributed by atoms with Crippen LogP contribution in [0.25, 0.3) is 0 Å². The van der Waals surface area contributed by atoms with Crippen molar-refractivity contribution in [2.24, 2.45) is 0 Å². The van der Waals surface area contributed by atoms with E-state index < -0.39 is 5.97 Å². The van der Waals surface area contributed by atoms with Gasteiger partial charge in [-0.05, 0) is 19.1 Å². The molecule has 0 radical (unpaired) electrons. The second-order valence-corrected chi connectivity index (χ2v) is 5.04. The van der Waals surface area contributed by atoms with Gasteiger partial charge in [-0.1, -0.05) is 13.8 Å². The highest BCUT2D eigenvalue weighted by atomic mass is 32.2. The summed E-state index contributed by atoms with van der Waals surface area (Å²) in [5.74, 6) is -1.11. The van der Waals surface area contributed by atoms with Crippen molar-refractivity contribution in [3.63, 3.8) is 0 Å². The summed E-state index contributed by atoms with van der Waals surface area (Å²) in [7, 11) is 0. The quantitative estimate of drug-likeness (QED) is 0.687. The molecule has 0 saturated heterocycles. The van der Waals surface area contributed by atoms with Crippen molar-refractivity contribution in [3.8, 4) is 0 Å². The van der Waals surface area contributed by atoms with Crippen LogP contribution in [0.1, 0.15) is 39.5 Å². The van der Waals surface area contributed by atoms with Crippen molar-refractivity contribution in [3.05, 3.63) is 0 Å². The summed E-state index contributed by atoms with van der Waals surface area (Å²) in [5.41, 5.74) is 0. The second kappa shape index (κ2) is 7.54. The van der Waals surface area contributed by atoms with Crippen LogP contribution in [0.3, 0.4) is 0 Å². The summed E-state index contributed by atoms with van der Waals surface area (Å²) in [6.07, 6.45) is 3.98. The Balaban J connectivity index is 4.01. The number of carbonyl (C=O) groups excluding carboxylic acids is 1. The molecule has 94 valence electrons. The van der Waals surface area contributed by atoms with E-state index in [1.54, 1.807) is 11.8 Å². The van der Waals surface area contributed by atoms with Crippen molar-refractivity contribution in [2.75, 3.05) is 12.8 Å². The maximum Gasteiger partial charge on any atom is 0.303 e. The monoisotopic (exact) mass is 247 g/mol. The van der Waals surface area contributed by atoms with Gasteiger partial charge in [0.15, 0.2) is 0 Å². The molecule has 0 aromatic carbocycles. The van der Waals surface area contributed by atoms with Crippen LogP contribution in [-0.4, -0.2) is 34.5 Å². The van der Waals surface area contributed by atoms with E-state index >= 15 is 0 Å². The molecule has 2 N–H and O–H groups in total. The van der Waals surface area contributed by atoms with Crippen LogP contribution in [0.15, 0.2) is 0 Å². The Bertz CT molecular complexity index is 231. The molecule has 0 atom stereocenters. The van der Waals surface area contributed by atoms with Gasteiger partial charge >= 0.3 is 5.97 Å². The van der Waals surface area contributed by atoms with E-state index in [1.807, 2.05) is 6.26 Å². The number of carboxylic acid groups (broad SMARTS) is 1. The minimum atomic E-state index is -0.933. The molecule has 0 aliphatic carbocycles. The van der Waals surface area contributed by atoms with Crippen molar-refractivity contribution in [1.82, 2.24) is 5.32 Å². The van der Waals surface area contributed by atoms with Crippen molar-refractivity contribution in [2.45, 2.75) is 44.3 Å². The van der Waals surface area contributed by atoms with Crippen molar-refractivity contribution in [1.29, 1.82) is 0 Å². The maximum absolute atomic E-state index is 11.4. The highest BCUT2D eigenvalue weighted by Crippen LogP contribution is 2.29. The summed E-state index contributed by atoms with van der Waals surface area (Å²) in [6, 6.07) is 0. The lowest BCUT2D eigenvalue weighted by Gasteiger charge is -2.29. The van der Waals surface area contributed by atoms with Gasteiger partial charge < -0.3 is 10.4 Å². The molecule has 0 aromatic heterocycles. The summed E-state index contributed by atoms with van der Waals surface area (Å²) in [6.45, 7) is 4.81. The average molecular weight is 247 g/mol. The normalized spacial score (nSPS) is 11.2. The minimum absolute atomic E-state index is 0.0627. The fraction of sp³-hybridized carbons (Fsp3) is 0.818. The predicted octanol–water partition coefficient (Wildman–Crippen LogP) is 1.89. The van der Waals surface area contributed by atoms with E-state index in [0.717, 1.165) is 12.8 Å². The van der Waals surface area contributed by atoms with Gasteiger partial charge in [0, 0.05) is 17.7 Å². The molecule has 0 rings (SSSR count). The zero-order chi connectivity index (χ0) is 12.6. The van der Waals surface area contributed by atoms with Crippen LogP contribution in [0.5, 0.6) is 0 Å². The number of hydrogen-bond acceptors (Lipinski definition) is 3. The number of thioether (sulfide) groups is 1. The van der Waals surface area contributed by atoms with E-state index in [4.69, 9.17) is 5.11 Å². The first-order chi connectivity index (χ1) is 7.49. The first-order valence-corrected chi connectivity index (χ1v) is 6.75. The molecular weight excluding hydrogens is 226 g/mol. The Hall–Kier alpha value is -0.710. The molecule has 0 spiro atoms. The van der Waals surface area contributed by atoms with E-state index in [2.05, 4.69) is 19.2 Å². The smallest absolute Gasteiger partial charge is 0.303 e. The number of carboxylic acids is 1. The molecule has 1 amide bonds. The second-order valence-electron chi connectivity index (χ2n) is 3.76. The van der Waals surface area contributed by atoms with Crippen LogP contribution < -0.4 is 5.32 Å². The Labute approximate surface area is 101 Å². The van der Waals surface area contributed by atoms with E-state index in [9.17, 15) is 9.59 Å². The standard InChI is InChI=1S/C11H21NO3S/c1-4-11(5-2,16-3)8-12-9(13)6-7-10(14)15/h4-8H2,1-3H3,(H,12,13)(H,14,15). The van der Waals surface area contributed by atoms with E-state index in [0.29, 0.717) is 6.54 Å². The summed E-state index contributed by atoms with van der Waals surface area (Å²) >= 11 is 1.75. The van der Waals surface area contributed by atoms with Crippen LogP contribution in [0.4, 0.5) is 0 Å². The predicted molar refractivity (Wildman–Crippen MR) is 66.7 cm³/mol. The molecule has 0 saturated carbocycles. The number of aliphatic carboxylic acids is 1. The number of carbonyl (C=O) groups is 2. The lowest BCUT2D eigenvalue weighted by Crippen LogP contribution is -2.39. The maximum atomic E-state index is 11.4. The number of rotatable bonds is 8. The fourth-order valence-electron chi connectivity index (χ4n) is 1.43. The van der Waals surface area contributed by atoms with Crippen LogP contribution in [0, 0.1) is 0 Å². The highest BCUT2D eigenvalue weighted by molar-refractivity contribution is 8.00. The van der Waals surface area contributed by atoms with Gasteiger partial charge in [0.25, 0.3) is 0 Å². The van der Waals surface area contributed by atoms with Gasteiger partial charge in [0.1, 0.15) is 0 Å². The number of nitrogens with one attached hydrogen (secondary N) is 1. The summed E-state index contributed by atoms with van der Waals surface area (Å²) < 4.78 is 0.0822. The molecule has 16 heavy (non-hydrogen) atoms. The average Bonchev–Trinajstić information content (AvgIpc) is 2.29. The number of amides is 1. The van der Waals surface area contributed by atoms with Gasteiger partial charge in [0.2, 0.25) is 5.91 Å². The van der Waals surface area contributed by atoms with Crippen LogP contribution in [0.2, 0.25) is 0 Å². The minimum Gasteiger partial charge on any atom is -0.481 e. The van der Waals surface area contributed by atoms with Crippen LogP contribution in [-0.2, 0) is 9.59 Å². The van der Waals surface area contributed by atoms with Crippen LogP contribution >= 0.6 is 11.8 Å². The van der Waals surface area contributed by atoms with Crippen molar-refractivity contribution < 1.29 is 14.7 Å². The molecule has 0 fully saturated rings. The topological polar surface area (TPSA) is 66.4 Å². The molecule has 0 aliphatic rings. The zero-order valence-corrected chi connectivity index (χ0v) is 11.0. The van der Waals surface area contributed by atoms with Gasteiger partial charge in [0.05, 0.1) is 6.42 Å². The molecule has 0 aromatic rings. The SMILES string of the molecule is CCC(CC)(CNC(=O)CCC(=O)O)SC. The van der Waals surface area contributed by atoms with Gasteiger partial charge in [-0.25, -0.2) is 0 Å². The Morgan fingerprint density at radius 2 is 1.81 bits per heavy atom. The first-order valence-electron chi connectivity index (χ1n) is 5.53. The third kappa shape index (κ3) is 5.39. The van der Waals surface area contributed by atoms with Gasteiger partial charge in [-0.3, -0.25) is 9.59 Å². The van der Waals surface area contributed by atoms with Gasteiger partial charge in [-0.2, -0.15) is 11.8 Å².